The van der Waals surface area contributed by atoms with E-state index in [0.29, 0.717) is 33.5 Å². The summed E-state index contributed by atoms with van der Waals surface area (Å²) in [5.41, 5.74) is 3.92. The van der Waals surface area contributed by atoms with Crippen LogP contribution in [0.1, 0.15) is 71.3 Å². The summed E-state index contributed by atoms with van der Waals surface area (Å²) < 4.78 is 21.6. The van der Waals surface area contributed by atoms with Crippen molar-refractivity contribution in [1.29, 1.82) is 0 Å². The Bertz CT molecular complexity index is 1780. The normalized spacial score (nSPS) is 14.0. The van der Waals surface area contributed by atoms with Crippen molar-refractivity contribution >= 4 is 53.8 Å². The van der Waals surface area contributed by atoms with Gasteiger partial charge in [-0.25, -0.2) is 14.6 Å². The van der Waals surface area contributed by atoms with E-state index >= 15 is 0 Å². The topological polar surface area (TPSA) is 163 Å². The number of methoxy groups -OCH3 is 2. The molecule has 5 heterocycles. The van der Waals surface area contributed by atoms with Gasteiger partial charge in [0.05, 0.1) is 42.2 Å². The molecule has 0 radical (unpaired) electrons. The number of ether oxygens (including phenoxy) is 2. The second-order valence-electron chi connectivity index (χ2n) is 12.3. The third kappa shape index (κ3) is 11.6. The molecular formula is C35H42B2BrN5O8. The highest BCUT2D eigenvalue weighted by Gasteiger charge is 2.51. The average molecular weight is 762 g/mol. The van der Waals surface area contributed by atoms with E-state index in [1.54, 1.807) is 61.9 Å². The molecule has 1 aliphatic rings. The smallest absolute Gasteiger partial charge is 0.465 e. The second kappa shape index (κ2) is 18.8. The summed E-state index contributed by atoms with van der Waals surface area (Å²) in [7, 11) is 1.70. The molecule has 13 nitrogen and oxygen atoms in total. The Morgan fingerprint density at radius 1 is 0.922 bits per heavy atom. The maximum atomic E-state index is 11.6. The Hall–Kier alpha value is -4.34. The Morgan fingerprint density at radius 3 is 2.06 bits per heavy atom. The number of pyridine rings is 4. The minimum Gasteiger partial charge on any atom is -0.465 e. The molecule has 16 heteroatoms. The average Bonchev–Trinajstić information content (AvgIpc) is 3.36. The van der Waals surface area contributed by atoms with Crippen molar-refractivity contribution in [3.8, 4) is 11.3 Å². The zero-order chi connectivity index (χ0) is 37.8. The zero-order valence-electron chi connectivity index (χ0n) is 30.0. The van der Waals surface area contributed by atoms with E-state index in [2.05, 4.69) is 40.6 Å². The predicted octanol–water partition coefficient (Wildman–Crippen LogP) is 4.69. The van der Waals surface area contributed by atoms with Gasteiger partial charge in [-0.05, 0) is 99.0 Å². The molecule has 1 N–H and O–H groups in total. The quantitative estimate of drug-likeness (QED) is 0.108. The van der Waals surface area contributed by atoms with Gasteiger partial charge in [0.15, 0.2) is 6.29 Å². The molecule has 0 saturated carbocycles. The van der Waals surface area contributed by atoms with Crippen LogP contribution < -0.4 is 5.46 Å². The summed E-state index contributed by atoms with van der Waals surface area (Å²) in [6.45, 7) is 13.0. The van der Waals surface area contributed by atoms with Crippen LogP contribution in [0.25, 0.3) is 11.3 Å². The molecule has 0 unspecified atom stereocenters. The van der Waals surface area contributed by atoms with E-state index in [0.717, 1.165) is 29.4 Å². The first kappa shape index (κ1) is 41.1. The van der Waals surface area contributed by atoms with Crippen molar-refractivity contribution in [2.24, 2.45) is 0 Å². The van der Waals surface area contributed by atoms with Gasteiger partial charge in [0, 0.05) is 60.3 Å². The number of carbonyl (C=O) groups excluding carboxylic acids is 3. The van der Waals surface area contributed by atoms with Crippen LogP contribution in [0.4, 0.5) is 0 Å². The third-order valence-corrected chi connectivity index (χ3v) is 8.62. The number of aldehydes is 1. The van der Waals surface area contributed by atoms with E-state index in [9.17, 15) is 19.4 Å². The maximum absolute atomic E-state index is 11.6. The number of esters is 2. The largest absolute Gasteiger partial charge is 0.496 e. The van der Waals surface area contributed by atoms with Crippen molar-refractivity contribution in [3.05, 3.63) is 100 Å². The second-order valence-corrected chi connectivity index (χ2v) is 13.1. The fourth-order valence-corrected chi connectivity index (χ4v) is 4.95. The van der Waals surface area contributed by atoms with E-state index in [1.807, 2.05) is 45.5 Å². The summed E-state index contributed by atoms with van der Waals surface area (Å²) >= 11 is 3.14. The van der Waals surface area contributed by atoms with Crippen LogP contribution in [0.2, 0.25) is 6.82 Å². The molecule has 1 aliphatic heterocycles. The molecule has 268 valence electrons. The lowest BCUT2D eigenvalue weighted by atomic mass is 9.80. The van der Waals surface area contributed by atoms with Crippen molar-refractivity contribution < 1.29 is 38.2 Å². The SMILES string of the molecule is CC1(C)OB(c2cncc(C=O)c2)OC1(C)C.CCN(Cc1cncc(-c2cc(C(=O)OC)ccn2)c1)B(C)O.COC(=O)c1ccnc(Br)c1. The van der Waals surface area contributed by atoms with E-state index in [4.69, 9.17) is 14.0 Å². The van der Waals surface area contributed by atoms with Crippen LogP contribution in [0.5, 0.6) is 0 Å². The number of hydrogen-bond donors (Lipinski definition) is 1. The minimum atomic E-state index is -0.524. The molecule has 0 aromatic carbocycles. The number of rotatable bonds is 9. The first-order valence-corrected chi connectivity index (χ1v) is 16.8. The van der Waals surface area contributed by atoms with Gasteiger partial charge in [-0.15, -0.1) is 0 Å². The summed E-state index contributed by atoms with van der Waals surface area (Å²) in [6, 6.07) is 10.2. The summed E-state index contributed by atoms with van der Waals surface area (Å²) in [4.78, 5) is 51.5. The van der Waals surface area contributed by atoms with Gasteiger partial charge >= 0.3 is 26.1 Å². The molecule has 4 aromatic heterocycles. The molecule has 4 aromatic rings. The molecule has 0 atom stereocenters. The van der Waals surface area contributed by atoms with Gasteiger partial charge in [-0.2, -0.15) is 0 Å². The molecule has 1 fully saturated rings. The molecular weight excluding hydrogens is 720 g/mol. The Kier molecular flexibility index (Phi) is 15.1. The van der Waals surface area contributed by atoms with Crippen LogP contribution >= 0.6 is 15.9 Å². The summed E-state index contributed by atoms with van der Waals surface area (Å²) in [6.07, 6.45) is 10.5. The lowest BCUT2D eigenvalue weighted by Gasteiger charge is -2.32. The Labute approximate surface area is 307 Å². The van der Waals surface area contributed by atoms with Crippen molar-refractivity contribution in [3.63, 3.8) is 0 Å². The van der Waals surface area contributed by atoms with Crippen LogP contribution in [0, 0.1) is 0 Å². The lowest BCUT2D eigenvalue weighted by molar-refractivity contribution is 0.00578. The zero-order valence-corrected chi connectivity index (χ0v) is 31.6. The third-order valence-electron chi connectivity index (χ3n) is 8.18. The predicted molar refractivity (Wildman–Crippen MR) is 197 cm³/mol. The highest BCUT2D eigenvalue weighted by Crippen LogP contribution is 2.36. The maximum Gasteiger partial charge on any atom is 0.496 e. The molecule has 0 bridgehead atoms. The van der Waals surface area contributed by atoms with Gasteiger partial charge in [0.1, 0.15) is 4.60 Å². The number of aromatic nitrogens is 4. The molecule has 5 rings (SSSR count). The number of hydrogen-bond acceptors (Lipinski definition) is 13. The highest BCUT2D eigenvalue weighted by molar-refractivity contribution is 9.10. The molecule has 0 amide bonds. The van der Waals surface area contributed by atoms with Gasteiger partial charge in [0.2, 0.25) is 0 Å². The minimum absolute atomic E-state index is 0.354. The van der Waals surface area contributed by atoms with Crippen molar-refractivity contribution in [1.82, 2.24) is 24.7 Å². The molecule has 0 aliphatic carbocycles. The van der Waals surface area contributed by atoms with Gasteiger partial charge < -0.3 is 28.6 Å². The van der Waals surface area contributed by atoms with Crippen LogP contribution in [0.3, 0.4) is 0 Å². The van der Waals surface area contributed by atoms with Crippen LogP contribution in [0.15, 0.2) is 78.2 Å². The summed E-state index contributed by atoms with van der Waals surface area (Å²) in [5, 5.41) is 9.73. The van der Waals surface area contributed by atoms with Gasteiger partial charge in [0.25, 0.3) is 0 Å². The number of carbonyl (C=O) groups is 3. The van der Waals surface area contributed by atoms with E-state index in [1.165, 1.54) is 26.6 Å². The van der Waals surface area contributed by atoms with Gasteiger partial charge in [-0.3, -0.25) is 19.7 Å². The fourth-order valence-electron chi connectivity index (χ4n) is 4.59. The van der Waals surface area contributed by atoms with Gasteiger partial charge in [-0.1, -0.05) is 6.92 Å². The molecule has 1 saturated heterocycles. The Balaban J connectivity index is 0.000000220. The number of nitrogens with zero attached hydrogens (tertiary/aromatic N) is 5. The lowest BCUT2D eigenvalue weighted by Crippen LogP contribution is -2.41. The van der Waals surface area contributed by atoms with Crippen molar-refractivity contribution in [2.45, 2.75) is 59.2 Å². The Morgan fingerprint density at radius 2 is 1.51 bits per heavy atom. The molecule has 51 heavy (non-hydrogen) atoms. The van der Waals surface area contributed by atoms with Crippen LogP contribution in [-0.2, 0) is 25.3 Å². The fraction of sp³-hybridized carbons (Fsp3) is 0.343. The monoisotopic (exact) mass is 761 g/mol. The van der Waals surface area contributed by atoms with Crippen molar-refractivity contribution in [2.75, 3.05) is 20.8 Å². The van der Waals surface area contributed by atoms with Crippen LogP contribution in [-0.4, -0.2) is 94.1 Å². The summed E-state index contributed by atoms with van der Waals surface area (Å²) in [5.74, 6) is -0.753. The first-order valence-electron chi connectivity index (χ1n) is 16.0. The molecule has 0 spiro atoms. The number of halogens is 1. The van der Waals surface area contributed by atoms with E-state index in [-0.39, 0.29) is 17.2 Å². The first-order chi connectivity index (χ1) is 24.1. The van der Waals surface area contributed by atoms with E-state index < -0.39 is 20.1 Å². The standard InChI is InChI=1S/C16H20BN3O3.C12H16BNO3.C7H6BrNO2/c1-4-20(17(2)22)11-12-7-14(10-18-9-12)15-8-13(5-6-19-15)16(21)23-3;1-11(2)12(3,4)17-13(16-11)10-5-9(8-15)6-14-7-10;1-11-7(10)5-2-3-9-6(8)4-5/h5-10,22H,4,11H2,1-3H3;5-8H,1-4H3;2-4H,1H3. The highest BCUT2D eigenvalue weighted by atomic mass is 79.9.